The number of nitrogens with one attached hydrogen (secondary N) is 1. The van der Waals surface area contributed by atoms with Gasteiger partial charge in [0.1, 0.15) is 0 Å². The summed E-state index contributed by atoms with van der Waals surface area (Å²) in [6.45, 7) is 0. The number of para-hydroxylation sites is 1. The van der Waals surface area contributed by atoms with Crippen LogP contribution in [0, 0.1) is 23.7 Å². The Hall–Kier alpha value is -2.10. The van der Waals surface area contributed by atoms with Crippen LogP contribution in [0.2, 0.25) is 0 Å². The van der Waals surface area contributed by atoms with E-state index in [-0.39, 0.29) is 17.7 Å². The van der Waals surface area contributed by atoms with Gasteiger partial charge in [0.05, 0.1) is 11.8 Å². The van der Waals surface area contributed by atoms with E-state index in [1.54, 1.807) is 12.1 Å². The zero-order valence-electron chi connectivity index (χ0n) is 10.3. The van der Waals surface area contributed by atoms with Crippen molar-refractivity contribution >= 4 is 17.6 Å². The maximum atomic E-state index is 12.3. The van der Waals surface area contributed by atoms with Gasteiger partial charge in [-0.2, -0.15) is 0 Å². The highest BCUT2D eigenvalue weighted by atomic mass is 16.4. The molecule has 0 heterocycles. The third-order valence-corrected chi connectivity index (χ3v) is 4.09. The fourth-order valence-electron chi connectivity index (χ4n) is 3.26. The van der Waals surface area contributed by atoms with Crippen molar-refractivity contribution in [2.75, 3.05) is 5.32 Å². The van der Waals surface area contributed by atoms with Crippen LogP contribution < -0.4 is 5.32 Å². The van der Waals surface area contributed by atoms with E-state index < -0.39 is 17.8 Å². The van der Waals surface area contributed by atoms with Crippen LogP contribution in [0.4, 0.5) is 5.69 Å². The smallest absolute Gasteiger partial charge is 0.307 e. The number of carbonyl (C=O) groups excluding carboxylic acids is 1. The van der Waals surface area contributed by atoms with Crippen molar-refractivity contribution in [1.82, 2.24) is 0 Å². The molecule has 1 aromatic rings. The number of fused-ring (bicyclic) bond motifs is 2. The van der Waals surface area contributed by atoms with Gasteiger partial charge in [-0.05, 0) is 30.4 Å². The summed E-state index contributed by atoms with van der Waals surface area (Å²) in [7, 11) is 0. The van der Waals surface area contributed by atoms with Crippen molar-refractivity contribution in [3.05, 3.63) is 42.5 Å². The van der Waals surface area contributed by atoms with Crippen LogP contribution in [-0.2, 0) is 9.59 Å². The SMILES string of the molecule is O=C(O)[C@@H]1C2C=CC(C2)[C@@H]1C(=O)Nc1ccccc1. The highest BCUT2D eigenvalue weighted by Gasteiger charge is 2.51. The summed E-state index contributed by atoms with van der Waals surface area (Å²) < 4.78 is 0. The molecule has 4 heteroatoms. The maximum Gasteiger partial charge on any atom is 0.307 e. The molecule has 2 unspecified atom stereocenters. The van der Waals surface area contributed by atoms with Crippen LogP contribution in [0.1, 0.15) is 6.42 Å². The van der Waals surface area contributed by atoms with Gasteiger partial charge in [-0.15, -0.1) is 0 Å². The third kappa shape index (κ3) is 2.03. The first kappa shape index (κ1) is 12.0. The zero-order valence-corrected chi connectivity index (χ0v) is 10.3. The number of rotatable bonds is 3. The first-order valence-corrected chi connectivity index (χ1v) is 6.44. The van der Waals surface area contributed by atoms with Crippen LogP contribution >= 0.6 is 0 Å². The quantitative estimate of drug-likeness (QED) is 0.815. The fourth-order valence-corrected chi connectivity index (χ4v) is 3.26. The van der Waals surface area contributed by atoms with Crippen molar-refractivity contribution < 1.29 is 14.7 Å². The monoisotopic (exact) mass is 257 g/mol. The molecular formula is C15H15NO3. The van der Waals surface area contributed by atoms with Crippen LogP contribution in [0.5, 0.6) is 0 Å². The molecule has 2 N–H and O–H groups in total. The van der Waals surface area contributed by atoms with E-state index in [9.17, 15) is 14.7 Å². The molecule has 0 saturated heterocycles. The summed E-state index contributed by atoms with van der Waals surface area (Å²) in [5.41, 5.74) is 0.711. The van der Waals surface area contributed by atoms with E-state index in [4.69, 9.17) is 0 Å². The Bertz CT molecular complexity index is 538. The van der Waals surface area contributed by atoms with E-state index in [2.05, 4.69) is 5.32 Å². The Kier molecular flexibility index (Phi) is 2.85. The highest BCUT2D eigenvalue weighted by molar-refractivity contribution is 5.96. The molecule has 1 saturated carbocycles. The number of carboxylic acids is 1. The van der Waals surface area contributed by atoms with Gasteiger partial charge in [0.2, 0.25) is 5.91 Å². The normalized spacial score (nSPS) is 31.4. The van der Waals surface area contributed by atoms with Gasteiger partial charge in [0, 0.05) is 5.69 Å². The Morgan fingerprint density at radius 2 is 1.68 bits per heavy atom. The standard InChI is InChI=1S/C15H15NO3/c17-14(16-11-4-2-1-3-5-11)12-9-6-7-10(8-9)13(12)15(18)19/h1-7,9-10,12-13H,8H2,(H,16,17)(H,18,19)/t9?,10?,12-,13+/m0/s1. The predicted molar refractivity (Wildman–Crippen MR) is 70.4 cm³/mol. The molecule has 1 aromatic carbocycles. The topological polar surface area (TPSA) is 66.4 Å². The summed E-state index contributed by atoms with van der Waals surface area (Å²) in [5, 5.41) is 12.1. The molecule has 0 spiro atoms. The molecule has 2 bridgehead atoms. The van der Waals surface area contributed by atoms with E-state index >= 15 is 0 Å². The lowest BCUT2D eigenvalue weighted by Crippen LogP contribution is -2.36. The zero-order chi connectivity index (χ0) is 13.4. The first-order chi connectivity index (χ1) is 9.16. The predicted octanol–water partition coefficient (Wildman–Crippen LogP) is 2.15. The molecule has 4 atom stereocenters. The molecule has 3 rings (SSSR count). The van der Waals surface area contributed by atoms with Gasteiger partial charge in [-0.3, -0.25) is 9.59 Å². The van der Waals surface area contributed by atoms with Crippen LogP contribution in [-0.4, -0.2) is 17.0 Å². The Balaban J connectivity index is 1.79. The summed E-state index contributed by atoms with van der Waals surface area (Å²) in [4.78, 5) is 23.7. The number of amides is 1. The van der Waals surface area contributed by atoms with Gasteiger partial charge in [-0.25, -0.2) is 0 Å². The molecule has 2 aliphatic carbocycles. The summed E-state index contributed by atoms with van der Waals surface area (Å²) >= 11 is 0. The van der Waals surface area contributed by atoms with Crippen LogP contribution in [0.15, 0.2) is 42.5 Å². The van der Waals surface area contributed by atoms with Gasteiger partial charge >= 0.3 is 5.97 Å². The van der Waals surface area contributed by atoms with Crippen molar-refractivity contribution in [2.45, 2.75) is 6.42 Å². The average molecular weight is 257 g/mol. The number of hydrogen-bond acceptors (Lipinski definition) is 2. The van der Waals surface area contributed by atoms with Crippen molar-refractivity contribution in [3.63, 3.8) is 0 Å². The molecule has 1 fully saturated rings. The molecule has 0 aliphatic heterocycles. The molecule has 0 radical (unpaired) electrons. The highest BCUT2D eigenvalue weighted by Crippen LogP contribution is 2.48. The number of carboxylic acid groups (broad SMARTS) is 1. The molecular weight excluding hydrogens is 242 g/mol. The number of benzene rings is 1. The number of anilines is 1. The Morgan fingerprint density at radius 1 is 1.05 bits per heavy atom. The van der Waals surface area contributed by atoms with Gasteiger partial charge in [0.15, 0.2) is 0 Å². The molecule has 0 aromatic heterocycles. The van der Waals surface area contributed by atoms with Crippen molar-refractivity contribution in [2.24, 2.45) is 23.7 Å². The van der Waals surface area contributed by atoms with Crippen LogP contribution in [0.25, 0.3) is 0 Å². The van der Waals surface area contributed by atoms with Gasteiger partial charge < -0.3 is 10.4 Å². The number of aliphatic carboxylic acids is 1. The minimum absolute atomic E-state index is 0.00835. The van der Waals surface area contributed by atoms with Crippen molar-refractivity contribution in [3.8, 4) is 0 Å². The number of allylic oxidation sites excluding steroid dienone is 2. The molecule has 1 amide bonds. The first-order valence-electron chi connectivity index (χ1n) is 6.44. The molecule has 2 aliphatic rings. The van der Waals surface area contributed by atoms with E-state index in [0.717, 1.165) is 6.42 Å². The van der Waals surface area contributed by atoms with E-state index in [0.29, 0.717) is 5.69 Å². The summed E-state index contributed by atoms with van der Waals surface area (Å²) in [5.74, 6) is -2.02. The summed E-state index contributed by atoms with van der Waals surface area (Å²) in [6.07, 6.45) is 4.71. The minimum atomic E-state index is -0.870. The van der Waals surface area contributed by atoms with E-state index in [1.807, 2.05) is 30.4 Å². The van der Waals surface area contributed by atoms with Crippen molar-refractivity contribution in [1.29, 1.82) is 0 Å². The third-order valence-electron chi connectivity index (χ3n) is 4.09. The van der Waals surface area contributed by atoms with Crippen LogP contribution in [0.3, 0.4) is 0 Å². The molecule has 4 nitrogen and oxygen atoms in total. The Labute approximate surface area is 111 Å². The Morgan fingerprint density at radius 3 is 2.32 bits per heavy atom. The fraction of sp³-hybridized carbons (Fsp3) is 0.333. The lowest BCUT2D eigenvalue weighted by atomic mass is 9.82. The molecule has 19 heavy (non-hydrogen) atoms. The average Bonchev–Trinajstić information content (AvgIpc) is 2.99. The second-order valence-corrected chi connectivity index (χ2v) is 5.19. The molecule has 98 valence electrons. The van der Waals surface area contributed by atoms with Gasteiger partial charge in [-0.1, -0.05) is 30.4 Å². The minimum Gasteiger partial charge on any atom is -0.481 e. The van der Waals surface area contributed by atoms with Gasteiger partial charge in [0.25, 0.3) is 0 Å². The lowest BCUT2D eigenvalue weighted by Gasteiger charge is -2.23. The second kappa shape index (κ2) is 4.53. The lowest BCUT2D eigenvalue weighted by molar-refractivity contribution is -0.146. The maximum absolute atomic E-state index is 12.3. The number of carbonyl (C=O) groups is 2. The van der Waals surface area contributed by atoms with E-state index in [1.165, 1.54) is 0 Å². The number of hydrogen-bond donors (Lipinski definition) is 2. The summed E-state index contributed by atoms with van der Waals surface area (Å²) in [6, 6.07) is 9.15. The second-order valence-electron chi connectivity index (χ2n) is 5.19. The largest absolute Gasteiger partial charge is 0.481 e.